The molecule has 1 heterocycles. The Bertz CT molecular complexity index is 426. The Morgan fingerprint density at radius 1 is 1.30 bits per heavy atom. The molecular weight excluding hydrogens is 256 g/mol. The van der Waals surface area contributed by atoms with Crippen LogP contribution in [0.2, 0.25) is 0 Å². The zero-order valence-electron chi connectivity index (χ0n) is 12.5. The zero-order chi connectivity index (χ0) is 14.5. The van der Waals surface area contributed by atoms with Crippen molar-refractivity contribution in [1.82, 2.24) is 10.2 Å². The van der Waals surface area contributed by atoms with Gasteiger partial charge in [-0.3, -0.25) is 0 Å². The molecule has 0 saturated carbocycles. The summed E-state index contributed by atoms with van der Waals surface area (Å²) in [6.45, 7) is 3.00. The topological polar surface area (TPSA) is 54.0 Å². The van der Waals surface area contributed by atoms with Crippen molar-refractivity contribution in [1.29, 1.82) is 0 Å². The van der Waals surface area contributed by atoms with Gasteiger partial charge in [0.05, 0.1) is 14.2 Å². The average molecular weight is 280 g/mol. The lowest BCUT2D eigenvalue weighted by Gasteiger charge is -2.30. The lowest BCUT2D eigenvalue weighted by Crippen LogP contribution is -2.43. The molecule has 0 radical (unpaired) electrons. The number of methoxy groups -OCH3 is 2. The lowest BCUT2D eigenvalue weighted by atomic mass is 10.1. The number of ether oxygens (including phenoxy) is 2. The second-order valence-electron chi connectivity index (χ2n) is 5.33. The molecule has 112 valence electrons. The van der Waals surface area contributed by atoms with Gasteiger partial charge in [-0.15, -0.1) is 0 Å². The Hall–Kier alpha value is -1.46. The summed E-state index contributed by atoms with van der Waals surface area (Å²) in [6, 6.07) is 4.20. The molecule has 1 aliphatic heterocycles. The number of phenols is 1. The van der Waals surface area contributed by atoms with E-state index in [0.717, 1.165) is 18.7 Å². The van der Waals surface area contributed by atoms with E-state index < -0.39 is 0 Å². The highest BCUT2D eigenvalue weighted by Crippen LogP contribution is 2.37. The predicted molar refractivity (Wildman–Crippen MR) is 78.6 cm³/mol. The molecule has 0 amide bonds. The monoisotopic (exact) mass is 280 g/mol. The number of hydrogen-bond acceptors (Lipinski definition) is 5. The Kier molecular flexibility index (Phi) is 5.09. The van der Waals surface area contributed by atoms with Crippen LogP contribution in [-0.4, -0.2) is 50.4 Å². The maximum Gasteiger partial charge on any atom is 0.200 e. The molecule has 1 saturated heterocycles. The molecule has 2 N–H and O–H groups in total. The Morgan fingerprint density at radius 3 is 2.50 bits per heavy atom. The van der Waals surface area contributed by atoms with E-state index in [2.05, 4.69) is 17.3 Å². The van der Waals surface area contributed by atoms with Crippen molar-refractivity contribution in [2.75, 3.05) is 34.4 Å². The number of rotatable bonds is 5. The standard InChI is InChI=1S/C15H24N2O3/c1-17-6-4-5-12(10-17)16-9-11-7-13(19-2)15(18)14(8-11)20-3/h7-8,12,16,18H,4-6,9-10H2,1-3H3. The highest BCUT2D eigenvalue weighted by Gasteiger charge is 2.17. The summed E-state index contributed by atoms with van der Waals surface area (Å²) in [4.78, 5) is 2.35. The average Bonchev–Trinajstić information content (AvgIpc) is 2.46. The number of aromatic hydroxyl groups is 1. The summed E-state index contributed by atoms with van der Waals surface area (Å²) in [5, 5.41) is 13.4. The Labute approximate surface area is 120 Å². The van der Waals surface area contributed by atoms with E-state index in [1.165, 1.54) is 19.4 Å². The van der Waals surface area contributed by atoms with Gasteiger partial charge in [0, 0.05) is 19.1 Å². The largest absolute Gasteiger partial charge is 0.502 e. The van der Waals surface area contributed by atoms with Gasteiger partial charge in [-0.1, -0.05) is 0 Å². The fourth-order valence-electron chi connectivity index (χ4n) is 2.65. The lowest BCUT2D eigenvalue weighted by molar-refractivity contribution is 0.226. The van der Waals surface area contributed by atoms with Gasteiger partial charge >= 0.3 is 0 Å². The van der Waals surface area contributed by atoms with Crippen molar-refractivity contribution < 1.29 is 14.6 Å². The summed E-state index contributed by atoms with van der Waals surface area (Å²) in [6.07, 6.45) is 2.44. The number of benzene rings is 1. The van der Waals surface area contributed by atoms with Gasteiger partial charge in [0.2, 0.25) is 5.75 Å². The van der Waals surface area contributed by atoms with Crippen molar-refractivity contribution >= 4 is 0 Å². The third kappa shape index (κ3) is 3.55. The first-order valence-electron chi connectivity index (χ1n) is 6.99. The maximum absolute atomic E-state index is 9.89. The van der Waals surface area contributed by atoms with Crippen LogP contribution in [0.1, 0.15) is 18.4 Å². The van der Waals surface area contributed by atoms with Gasteiger partial charge in [0.25, 0.3) is 0 Å². The van der Waals surface area contributed by atoms with E-state index in [1.54, 1.807) is 14.2 Å². The van der Waals surface area contributed by atoms with Gasteiger partial charge in [-0.25, -0.2) is 0 Å². The van der Waals surface area contributed by atoms with E-state index in [1.807, 2.05) is 12.1 Å². The van der Waals surface area contributed by atoms with E-state index >= 15 is 0 Å². The molecule has 5 heteroatoms. The van der Waals surface area contributed by atoms with Crippen molar-refractivity contribution in [2.24, 2.45) is 0 Å². The number of likely N-dealkylation sites (tertiary alicyclic amines) is 1. The van der Waals surface area contributed by atoms with Crippen LogP contribution in [-0.2, 0) is 6.54 Å². The molecule has 2 rings (SSSR count). The molecule has 20 heavy (non-hydrogen) atoms. The second kappa shape index (κ2) is 6.81. The van der Waals surface area contributed by atoms with Crippen LogP contribution in [0.15, 0.2) is 12.1 Å². The summed E-state index contributed by atoms with van der Waals surface area (Å²) in [5.74, 6) is 0.944. The number of piperidine rings is 1. The molecule has 1 unspecified atom stereocenters. The first-order valence-corrected chi connectivity index (χ1v) is 6.99. The van der Waals surface area contributed by atoms with Gasteiger partial charge in [-0.05, 0) is 44.1 Å². The fraction of sp³-hybridized carbons (Fsp3) is 0.600. The van der Waals surface area contributed by atoms with Crippen molar-refractivity contribution in [3.05, 3.63) is 17.7 Å². The van der Waals surface area contributed by atoms with Crippen molar-refractivity contribution in [2.45, 2.75) is 25.4 Å². The third-order valence-electron chi connectivity index (χ3n) is 3.76. The summed E-state index contributed by atoms with van der Waals surface area (Å²) in [7, 11) is 5.24. The Morgan fingerprint density at radius 2 is 1.95 bits per heavy atom. The normalized spacial score (nSPS) is 19.9. The fourth-order valence-corrected chi connectivity index (χ4v) is 2.65. The van der Waals surface area contributed by atoms with Crippen LogP contribution in [0, 0.1) is 0 Å². The number of nitrogens with one attached hydrogen (secondary N) is 1. The van der Waals surface area contributed by atoms with Crippen LogP contribution in [0.25, 0.3) is 0 Å². The number of nitrogens with zero attached hydrogens (tertiary/aromatic N) is 1. The van der Waals surface area contributed by atoms with E-state index in [-0.39, 0.29) is 5.75 Å². The highest BCUT2D eigenvalue weighted by atomic mass is 16.5. The van der Waals surface area contributed by atoms with Crippen molar-refractivity contribution in [3.63, 3.8) is 0 Å². The Balaban J connectivity index is 2.01. The minimum atomic E-state index is 0.0520. The molecule has 1 aliphatic rings. The molecule has 1 aromatic rings. The molecule has 0 bridgehead atoms. The SMILES string of the molecule is COc1cc(CNC2CCCN(C)C2)cc(OC)c1O. The number of phenolic OH excluding ortho intramolecular Hbond substituents is 1. The minimum Gasteiger partial charge on any atom is -0.502 e. The van der Waals surface area contributed by atoms with Gasteiger partial charge in [0.15, 0.2) is 11.5 Å². The van der Waals surface area contributed by atoms with Crippen LogP contribution >= 0.6 is 0 Å². The molecule has 0 aromatic heterocycles. The summed E-state index contributed by atoms with van der Waals surface area (Å²) < 4.78 is 10.3. The molecule has 0 spiro atoms. The summed E-state index contributed by atoms with van der Waals surface area (Å²) >= 11 is 0. The van der Waals surface area contributed by atoms with E-state index in [0.29, 0.717) is 17.5 Å². The number of likely N-dealkylation sites (N-methyl/N-ethyl adjacent to an activating group) is 1. The smallest absolute Gasteiger partial charge is 0.200 e. The zero-order valence-corrected chi connectivity index (χ0v) is 12.5. The third-order valence-corrected chi connectivity index (χ3v) is 3.76. The van der Waals surface area contributed by atoms with Crippen molar-refractivity contribution in [3.8, 4) is 17.2 Å². The molecule has 0 aliphatic carbocycles. The van der Waals surface area contributed by atoms with Gasteiger partial charge in [0.1, 0.15) is 0 Å². The first kappa shape index (κ1) is 14.9. The van der Waals surface area contributed by atoms with Crippen LogP contribution in [0.5, 0.6) is 17.2 Å². The van der Waals surface area contributed by atoms with Crippen LogP contribution < -0.4 is 14.8 Å². The molecular formula is C15H24N2O3. The molecule has 1 aromatic carbocycles. The van der Waals surface area contributed by atoms with E-state index in [4.69, 9.17) is 9.47 Å². The summed E-state index contributed by atoms with van der Waals surface area (Å²) in [5.41, 5.74) is 1.05. The van der Waals surface area contributed by atoms with E-state index in [9.17, 15) is 5.11 Å². The molecule has 5 nitrogen and oxygen atoms in total. The van der Waals surface area contributed by atoms with Crippen LogP contribution in [0.3, 0.4) is 0 Å². The predicted octanol–water partition coefficient (Wildman–Crippen LogP) is 1.59. The molecule has 1 atom stereocenters. The molecule has 1 fully saturated rings. The second-order valence-corrected chi connectivity index (χ2v) is 5.33. The van der Waals surface area contributed by atoms with Gasteiger partial charge < -0.3 is 24.8 Å². The quantitative estimate of drug-likeness (QED) is 0.858. The van der Waals surface area contributed by atoms with Gasteiger partial charge in [-0.2, -0.15) is 0 Å². The first-order chi connectivity index (χ1) is 9.63. The maximum atomic E-state index is 9.89. The highest BCUT2D eigenvalue weighted by molar-refractivity contribution is 5.52. The van der Waals surface area contributed by atoms with Crippen LogP contribution in [0.4, 0.5) is 0 Å². The minimum absolute atomic E-state index is 0.0520. The number of hydrogen-bond donors (Lipinski definition) is 2.